The molecule has 0 unspecified atom stereocenters. The minimum atomic E-state index is -1.18. The van der Waals surface area contributed by atoms with Crippen molar-refractivity contribution in [2.24, 2.45) is 0 Å². The van der Waals surface area contributed by atoms with Crippen molar-refractivity contribution in [3.05, 3.63) is 23.8 Å². The number of hydrogen-bond donors (Lipinski definition) is 2. The summed E-state index contributed by atoms with van der Waals surface area (Å²) in [6, 6.07) is 4.31. The minimum Gasteiger partial charge on any atom is -0.507 e. The van der Waals surface area contributed by atoms with Crippen LogP contribution in [0, 0.1) is 0 Å². The third-order valence-electron chi connectivity index (χ3n) is 3.78. The van der Waals surface area contributed by atoms with Gasteiger partial charge in [-0.3, -0.25) is 0 Å². The summed E-state index contributed by atoms with van der Waals surface area (Å²) in [4.78, 5) is 11.0. The Kier molecular flexibility index (Phi) is 3.11. The first-order valence-corrected chi connectivity index (χ1v) is 6.06. The van der Waals surface area contributed by atoms with Crippen LogP contribution >= 0.6 is 0 Å². The van der Waals surface area contributed by atoms with Crippen LogP contribution in [-0.4, -0.2) is 34.5 Å². The number of phenols is 1. The van der Waals surface area contributed by atoms with Gasteiger partial charge in [0.2, 0.25) is 0 Å². The van der Waals surface area contributed by atoms with Gasteiger partial charge in [-0.25, -0.2) is 4.79 Å². The van der Waals surface area contributed by atoms with Crippen LogP contribution in [0.1, 0.15) is 38.1 Å². The van der Waals surface area contributed by atoms with Crippen molar-refractivity contribution in [3.8, 4) is 5.75 Å². The second kappa shape index (κ2) is 4.25. The van der Waals surface area contributed by atoms with Gasteiger partial charge in [-0.15, -0.1) is 0 Å². The lowest BCUT2D eigenvalue weighted by Crippen LogP contribution is -2.41. The number of carboxylic acid groups (broad SMARTS) is 1. The van der Waals surface area contributed by atoms with Crippen LogP contribution in [0.25, 0.3) is 0 Å². The van der Waals surface area contributed by atoms with Gasteiger partial charge in [0, 0.05) is 0 Å². The third-order valence-corrected chi connectivity index (χ3v) is 3.78. The molecule has 102 valence electrons. The van der Waals surface area contributed by atoms with Gasteiger partial charge < -0.3 is 19.5 Å². The molecule has 1 aliphatic rings. The molecule has 19 heavy (non-hydrogen) atoms. The summed E-state index contributed by atoms with van der Waals surface area (Å²) in [5, 5.41) is 18.5. The van der Waals surface area contributed by atoms with Crippen molar-refractivity contribution in [1.29, 1.82) is 0 Å². The summed E-state index contributed by atoms with van der Waals surface area (Å²) in [6.45, 7) is 7.69. The summed E-state index contributed by atoms with van der Waals surface area (Å²) in [7, 11) is -0.635. The summed E-state index contributed by atoms with van der Waals surface area (Å²) < 4.78 is 11.7. The van der Waals surface area contributed by atoms with E-state index in [-0.39, 0.29) is 11.3 Å². The van der Waals surface area contributed by atoms with Crippen molar-refractivity contribution in [2.75, 3.05) is 0 Å². The Balaban J connectivity index is 2.35. The number of benzene rings is 1. The predicted molar refractivity (Wildman–Crippen MR) is 70.8 cm³/mol. The van der Waals surface area contributed by atoms with Gasteiger partial charge in [-0.2, -0.15) is 0 Å². The van der Waals surface area contributed by atoms with Crippen molar-refractivity contribution >= 4 is 18.6 Å². The van der Waals surface area contributed by atoms with Crippen molar-refractivity contribution < 1.29 is 24.3 Å². The van der Waals surface area contributed by atoms with Crippen LogP contribution in [0.2, 0.25) is 0 Å². The lowest BCUT2D eigenvalue weighted by Gasteiger charge is -2.32. The molecule has 0 radical (unpaired) electrons. The van der Waals surface area contributed by atoms with E-state index in [0.29, 0.717) is 5.46 Å². The van der Waals surface area contributed by atoms with E-state index >= 15 is 0 Å². The molecular weight excluding hydrogens is 247 g/mol. The smallest absolute Gasteiger partial charge is 0.494 e. The van der Waals surface area contributed by atoms with Gasteiger partial charge in [0.25, 0.3) is 0 Å². The van der Waals surface area contributed by atoms with Crippen molar-refractivity contribution in [3.63, 3.8) is 0 Å². The molecule has 1 aromatic carbocycles. The predicted octanol–water partition coefficient (Wildman–Crippen LogP) is 1.39. The lowest BCUT2D eigenvalue weighted by molar-refractivity contribution is 0.00578. The Labute approximate surface area is 112 Å². The van der Waals surface area contributed by atoms with E-state index in [9.17, 15) is 9.90 Å². The third kappa shape index (κ3) is 2.33. The monoisotopic (exact) mass is 264 g/mol. The summed E-state index contributed by atoms with van der Waals surface area (Å²) in [6.07, 6.45) is 0. The lowest BCUT2D eigenvalue weighted by atomic mass is 9.78. The zero-order chi connectivity index (χ0) is 14.4. The van der Waals surface area contributed by atoms with Gasteiger partial charge in [0.05, 0.1) is 11.2 Å². The van der Waals surface area contributed by atoms with E-state index in [2.05, 4.69) is 0 Å². The van der Waals surface area contributed by atoms with E-state index in [1.54, 1.807) is 6.07 Å². The number of carbonyl (C=O) groups is 1. The number of hydrogen-bond acceptors (Lipinski definition) is 4. The van der Waals surface area contributed by atoms with Gasteiger partial charge >= 0.3 is 13.1 Å². The normalized spacial score (nSPS) is 20.5. The standard InChI is InChI=1S/C13H17BO5/c1-12(2)13(3,4)19-14(18-12)8-5-6-10(15)9(7-8)11(16)17/h5-7,15H,1-4H3,(H,16,17). The van der Waals surface area contributed by atoms with E-state index in [1.165, 1.54) is 12.1 Å². The molecule has 2 rings (SSSR count). The fourth-order valence-electron chi connectivity index (χ4n) is 1.85. The van der Waals surface area contributed by atoms with Gasteiger partial charge in [-0.05, 0) is 45.3 Å². The SMILES string of the molecule is CC1(C)OB(c2ccc(O)c(C(=O)O)c2)OC1(C)C. The Bertz CT molecular complexity index is 508. The Morgan fingerprint density at radius 3 is 2.16 bits per heavy atom. The highest BCUT2D eigenvalue weighted by atomic mass is 16.7. The highest BCUT2D eigenvalue weighted by Crippen LogP contribution is 2.36. The van der Waals surface area contributed by atoms with Crippen molar-refractivity contribution in [2.45, 2.75) is 38.9 Å². The van der Waals surface area contributed by atoms with Crippen LogP contribution in [0.3, 0.4) is 0 Å². The minimum absolute atomic E-state index is 0.160. The van der Waals surface area contributed by atoms with Crippen LogP contribution in [0.5, 0.6) is 5.75 Å². The molecule has 0 aliphatic carbocycles. The first-order valence-electron chi connectivity index (χ1n) is 6.06. The summed E-state index contributed by atoms with van der Waals surface area (Å²) >= 11 is 0. The maximum absolute atomic E-state index is 11.0. The Morgan fingerprint density at radius 1 is 1.16 bits per heavy atom. The number of rotatable bonds is 2. The van der Waals surface area contributed by atoms with E-state index in [4.69, 9.17) is 14.4 Å². The Morgan fingerprint density at radius 2 is 1.68 bits per heavy atom. The quantitative estimate of drug-likeness (QED) is 0.789. The highest BCUT2D eigenvalue weighted by molar-refractivity contribution is 6.62. The van der Waals surface area contributed by atoms with Gasteiger partial charge in [0.15, 0.2) is 0 Å². The first kappa shape index (κ1) is 13.9. The Hall–Kier alpha value is -1.53. The first-order chi connectivity index (χ1) is 8.64. The summed E-state index contributed by atoms with van der Waals surface area (Å²) in [5.74, 6) is -1.45. The van der Waals surface area contributed by atoms with Crippen LogP contribution in [-0.2, 0) is 9.31 Å². The van der Waals surface area contributed by atoms with Crippen LogP contribution in [0.15, 0.2) is 18.2 Å². The second-order valence-corrected chi connectivity index (χ2v) is 5.67. The number of aromatic carboxylic acids is 1. The molecule has 0 aromatic heterocycles. The molecule has 0 saturated carbocycles. The zero-order valence-electron chi connectivity index (χ0n) is 11.4. The molecule has 0 amide bonds. The van der Waals surface area contributed by atoms with Crippen LogP contribution in [0.4, 0.5) is 0 Å². The molecule has 0 atom stereocenters. The number of aromatic hydroxyl groups is 1. The zero-order valence-corrected chi connectivity index (χ0v) is 11.4. The molecule has 2 N–H and O–H groups in total. The molecule has 0 bridgehead atoms. The maximum atomic E-state index is 11.0. The molecule has 1 heterocycles. The van der Waals surface area contributed by atoms with Crippen LogP contribution < -0.4 is 5.46 Å². The molecule has 1 aromatic rings. The number of carboxylic acids is 1. The fraction of sp³-hybridized carbons (Fsp3) is 0.462. The summed E-state index contributed by atoms with van der Waals surface area (Å²) in [5.41, 5.74) is -0.557. The molecule has 1 fully saturated rings. The fourth-order valence-corrected chi connectivity index (χ4v) is 1.85. The highest BCUT2D eigenvalue weighted by Gasteiger charge is 2.51. The van der Waals surface area contributed by atoms with Gasteiger partial charge in [0.1, 0.15) is 11.3 Å². The van der Waals surface area contributed by atoms with E-state index in [1.807, 2.05) is 27.7 Å². The van der Waals surface area contributed by atoms with E-state index < -0.39 is 24.3 Å². The average Bonchev–Trinajstić information content (AvgIpc) is 2.48. The topological polar surface area (TPSA) is 76.0 Å². The maximum Gasteiger partial charge on any atom is 0.494 e. The average molecular weight is 264 g/mol. The molecular formula is C13H17BO5. The van der Waals surface area contributed by atoms with Gasteiger partial charge in [-0.1, -0.05) is 6.07 Å². The molecule has 0 spiro atoms. The van der Waals surface area contributed by atoms with Crippen molar-refractivity contribution in [1.82, 2.24) is 0 Å². The largest absolute Gasteiger partial charge is 0.507 e. The molecule has 1 aliphatic heterocycles. The molecule has 1 saturated heterocycles. The second-order valence-electron chi connectivity index (χ2n) is 5.67. The van der Waals surface area contributed by atoms with E-state index in [0.717, 1.165) is 0 Å². The molecule has 5 nitrogen and oxygen atoms in total. The molecule has 6 heteroatoms.